The van der Waals surface area contributed by atoms with Gasteiger partial charge in [-0.05, 0) is 38.1 Å². The summed E-state index contributed by atoms with van der Waals surface area (Å²) in [5.74, 6) is 0. The average Bonchev–Trinajstić information content (AvgIpc) is 2.37. The molecule has 0 spiro atoms. The van der Waals surface area contributed by atoms with E-state index in [0.29, 0.717) is 12.2 Å². The number of hydrogen-bond donors (Lipinski definition) is 2. The number of ether oxygens (including phenoxy) is 1. The first-order chi connectivity index (χ1) is 9.81. The molecule has 1 aromatic rings. The van der Waals surface area contributed by atoms with Crippen LogP contribution in [-0.2, 0) is 14.8 Å². The van der Waals surface area contributed by atoms with Gasteiger partial charge in [-0.2, -0.15) is 0 Å². The Morgan fingerprint density at radius 3 is 2.33 bits per heavy atom. The van der Waals surface area contributed by atoms with Crippen molar-refractivity contribution in [3.8, 4) is 0 Å². The maximum Gasteiger partial charge on any atom is 0.261 e. The molecule has 0 aromatic heterocycles. The maximum absolute atomic E-state index is 11.9. The Bertz CT molecular complexity index is 519. The van der Waals surface area contributed by atoms with Gasteiger partial charge in [0.25, 0.3) is 6.43 Å². The second kappa shape index (κ2) is 8.26. The number of benzene rings is 1. The van der Waals surface area contributed by atoms with Gasteiger partial charge in [0.1, 0.15) is 6.61 Å². The van der Waals surface area contributed by atoms with E-state index in [1.165, 1.54) is 12.1 Å². The minimum Gasteiger partial charge on any atom is -0.383 e. The van der Waals surface area contributed by atoms with E-state index in [-0.39, 0.29) is 17.5 Å². The molecule has 0 fully saturated rings. The third kappa shape index (κ3) is 6.83. The van der Waals surface area contributed by atoms with Crippen LogP contribution >= 0.6 is 0 Å². The zero-order valence-corrected chi connectivity index (χ0v) is 12.8. The lowest BCUT2D eigenvalue weighted by Gasteiger charge is -2.11. The maximum atomic E-state index is 11.9. The van der Waals surface area contributed by atoms with Crippen molar-refractivity contribution >= 4 is 15.7 Å². The van der Waals surface area contributed by atoms with Crippen LogP contribution in [-0.4, -0.2) is 40.6 Å². The van der Waals surface area contributed by atoms with Crippen LogP contribution in [0.4, 0.5) is 14.5 Å². The molecular formula is C13H20F2N2O3S. The lowest BCUT2D eigenvalue weighted by molar-refractivity contribution is 0.0215. The van der Waals surface area contributed by atoms with Crippen LogP contribution < -0.4 is 10.0 Å². The SMILES string of the molecule is CC(C)NS(=O)(=O)c1ccc(NCCOCC(F)F)cc1. The van der Waals surface area contributed by atoms with Crippen LogP contribution in [0.25, 0.3) is 0 Å². The van der Waals surface area contributed by atoms with Crippen LogP contribution in [0, 0.1) is 0 Å². The van der Waals surface area contributed by atoms with E-state index >= 15 is 0 Å². The molecule has 0 atom stereocenters. The monoisotopic (exact) mass is 322 g/mol. The highest BCUT2D eigenvalue weighted by molar-refractivity contribution is 7.89. The Morgan fingerprint density at radius 1 is 1.19 bits per heavy atom. The van der Waals surface area contributed by atoms with Crippen LogP contribution in [0.1, 0.15) is 13.8 Å². The molecule has 0 radical (unpaired) electrons. The van der Waals surface area contributed by atoms with E-state index in [9.17, 15) is 17.2 Å². The summed E-state index contributed by atoms with van der Waals surface area (Å²) in [5, 5.41) is 2.95. The average molecular weight is 322 g/mol. The standard InChI is InChI=1S/C13H20F2N2O3S/c1-10(2)17-21(18,19)12-5-3-11(4-6-12)16-7-8-20-9-13(14)15/h3-6,10,13,16-17H,7-9H2,1-2H3. The van der Waals surface area contributed by atoms with E-state index in [0.717, 1.165) is 0 Å². The highest BCUT2D eigenvalue weighted by Crippen LogP contribution is 2.14. The summed E-state index contributed by atoms with van der Waals surface area (Å²) in [6, 6.07) is 6.00. The number of hydrogen-bond acceptors (Lipinski definition) is 4. The highest BCUT2D eigenvalue weighted by atomic mass is 32.2. The molecule has 120 valence electrons. The fourth-order valence-corrected chi connectivity index (χ4v) is 2.82. The summed E-state index contributed by atoms with van der Waals surface area (Å²) in [4.78, 5) is 0.177. The van der Waals surface area contributed by atoms with Gasteiger partial charge in [0.05, 0.1) is 11.5 Å². The van der Waals surface area contributed by atoms with Crippen molar-refractivity contribution in [3.05, 3.63) is 24.3 Å². The van der Waals surface area contributed by atoms with Crippen molar-refractivity contribution in [2.24, 2.45) is 0 Å². The first kappa shape index (κ1) is 17.8. The summed E-state index contributed by atoms with van der Waals surface area (Å²) >= 11 is 0. The Labute approximate surface area is 123 Å². The molecule has 0 bridgehead atoms. The number of nitrogens with one attached hydrogen (secondary N) is 2. The van der Waals surface area contributed by atoms with E-state index in [4.69, 9.17) is 4.74 Å². The molecule has 0 aliphatic carbocycles. The molecule has 5 nitrogen and oxygen atoms in total. The van der Waals surface area contributed by atoms with Crippen LogP contribution in [0.3, 0.4) is 0 Å². The molecule has 1 aromatic carbocycles. The fourth-order valence-electron chi connectivity index (χ4n) is 1.57. The lowest BCUT2D eigenvalue weighted by atomic mass is 10.3. The Morgan fingerprint density at radius 2 is 1.81 bits per heavy atom. The topological polar surface area (TPSA) is 67.4 Å². The summed E-state index contributed by atoms with van der Waals surface area (Å²) in [5.41, 5.74) is 0.694. The largest absolute Gasteiger partial charge is 0.383 e. The number of alkyl halides is 2. The zero-order chi connectivity index (χ0) is 15.9. The number of halogens is 2. The molecule has 0 amide bonds. The van der Waals surface area contributed by atoms with E-state index < -0.39 is 23.1 Å². The predicted molar refractivity (Wildman–Crippen MR) is 77.2 cm³/mol. The van der Waals surface area contributed by atoms with Gasteiger partial charge in [-0.3, -0.25) is 0 Å². The van der Waals surface area contributed by atoms with Gasteiger partial charge < -0.3 is 10.1 Å². The van der Waals surface area contributed by atoms with Crippen molar-refractivity contribution < 1.29 is 21.9 Å². The van der Waals surface area contributed by atoms with Crippen LogP contribution in [0.2, 0.25) is 0 Å². The molecule has 0 unspecified atom stereocenters. The summed E-state index contributed by atoms with van der Waals surface area (Å²) in [6.45, 7) is 3.42. The zero-order valence-electron chi connectivity index (χ0n) is 12.0. The van der Waals surface area contributed by atoms with Crippen molar-refractivity contribution in [1.29, 1.82) is 0 Å². The fraction of sp³-hybridized carbons (Fsp3) is 0.538. The lowest BCUT2D eigenvalue weighted by Crippen LogP contribution is -2.30. The molecule has 0 saturated heterocycles. The second-order valence-electron chi connectivity index (χ2n) is 4.69. The third-order valence-electron chi connectivity index (χ3n) is 2.37. The molecule has 0 saturated carbocycles. The molecule has 8 heteroatoms. The number of sulfonamides is 1. The Hall–Kier alpha value is -1.25. The Kier molecular flexibility index (Phi) is 7.00. The molecule has 2 N–H and O–H groups in total. The van der Waals surface area contributed by atoms with Gasteiger partial charge in [-0.15, -0.1) is 0 Å². The number of rotatable bonds is 9. The Balaban J connectivity index is 2.47. The smallest absolute Gasteiger partial charge is 0.261 e. The van der Waals surface area contributed by atoms with Gasteiger partial charge in [0.15, 0.2) is 0 Å². The minimum atomic E-state index is -3.50. The first-order valence-corrected chi connectivity index (χ1v) is 8.02. The van der Waals surface area contributed by atoms with E-state index in [1.807, 2.05) is 0 Å². The van der Waals surface area contributed by atoms with Crippen molar-refractivity contribution in [3.63, 3.8) is 0 Å². The molecule has 0 aliphatic heterocycles. The molecular weight excluding hydrogens is 302 g/mol. The minimum absolute atomic E-state index is 0.152. The van der Waals surface area contributed by atoms with Gasteiger partial charge in [-0.1, -0.05) is 0 Å². The summed E-state index contributed by atoms with van der Waals surface area (Å²) in [6.07, 6.45) is -2.47. The summed E-state index contributed by atoms with van der Waals surface area (Å²) < 4.78 is 54.6. The first-order valence-electron chi connectivity index (χ1n) is 6.53. The van der Waals surface area contributed by atoms with Gasteiger partial charge in [-0.25, -0.2) is 21.9 Å². The summed E-state index contributed by atoms with van der Waals surface area (Å²) in [7, 11) is -3.50. The third-order valence-corrected chi connectivity index (χ3v) is 4.05. The van der Waals surface area contributed by atoms with E-state index in [1.54, 1.807) is 26.0 Å². The van der Waals surface area contributed by atoms with Gasteiger partial charge >= 0.3 is 0 Å². The quantitative estimate of drug-likeness (QED) is 0.683. The second-order valence-corrected chi connectivity index (χ2v) is 6.41. The van der Waals surface area contributed by atoms with Crippen LogP contribution in [0.15, 0.2) is 29.2 Å². The normalized spacial score (nSPS) is 12.1. The van der Waals surface area contributed by atoms with Crippen molar-refractivity contribution in [2.45, 2.75) is 31.2 Å². The molecule has 21 heavy (non-hydrogen) atoms. The number of anilines is 1. The van der Waals surface area contributed by atoms with Gasteiger partial charge in [0.2, 0.25) is 10.0 Å². The van der Waals surface area contributed by atoms with Crippen molar-refractivity contribution in [1.82, 2.24) is 4.72 Å². The molecule has 0 heterocycles. The highest BCUT2D eigenvalue weighted by Gasteiger charge is 2.14. The van der Waals surface area contributed by atoms with Crippen LogP contribution in [0.5, 0.6) is 0 Å². The van der Waals surface area contributed by atoms with Gasteiger partial charge in [0, 0.05) is 18.3 Å². The molecule has 1 rings (SSSR count). The van der Waals surface area contributed by atoms with E-state index in [2.05, 4.69) is 10.0 Å². The predicted octanol–water partition coefficient (Wildman–Crippen LogP) is 2.07. The molecule has 0 aliphatic rings. The van der Waals surface area contributed by atoms with Crippen molar-refractivity contribution in [2.75, 3.05) is 25.1 Å².